The molecule has 0 spiro atoms. The average molecular weight is 260 g/mol. The minimum atomic E-state index is 0.366. The van der Waals surface area contributed by atoms with Crippen LogP contribution in [0.15, 0.2) is 29.8 Å². The Kier molecular flexibility index (Phi) is 4.50. The lowest BCUT2D eigenvalue weighted by Crippen LogP contribution is -2.20. The average Bonchev–Trinajstić information content (AvgIpc) is 2.89. The fourth-order valence-electron chi connectivity index (χ4n) is 2.05. The van der Waals surface area contributed by atoms with Crippen molar-refractivity contribution in [3.8, 4) is 0 Å². The van der Waals surface area contributed by atoms with Gasteiger partial charge in [0.2, 0.25) is 0 Å². The molecule has 1 aromatic carbocycles. The highest BCUT2D eigenvalue weighted by Gasteiger charge is 2.11. The molecular weight excluding hydrogens is 240 g/mol. The third kappa shape index (κ3) is 2.98. The molecule has 96 valence electrons. The van der Waals surface area contributed by atoms with Crippen LogP contribution in [0.2, 0.25) is 0 Å². The van der Waals surface area contributed by atoms with Crippen molar-refractivity contribution in [2.24, 2.45) is 0 Å². The largest absolute Gasteiger partial charge is 0.304 e. The summed E-state index contributed by atoms with van der Waals surface area (Å²) in [6.07, 6.45) is 2.95. The number of thiazole rings is 1. The number of aryl methyl sites for hydroxylation is 1. The maximum Gasteiger partial charge on any atom is 0.109 e. The van der Waals surface area contributed by atoms with E-state index in [-0.39, 0.29) is 0 Å². The number of hydrogen-bond donors (Lipinski definition) is 1. The van der Waals surface area contributed by atoms with Gasteiger partial charge >= 0.3 is 0 Å². The number of nitrogens with zero attached hydrogens (tertiary/aromatic N) is 1. The van der Waals surface area contributed by atoms with Gasteiger partial charge < -0.3 is 5.32 Å². The summed E-state index contributed by atoms with van der Waals surface area (Å²) in [5.41, 5.74) is 4.13. The maximum absolute atomic E-state index is 4.40. The molecule has 1 aromatic heterocycles. The SMILES string of the molecule is CCC(NCc1cccc(C)c1C)c1nccs1. The number of nitrogens with one attached hydrogen (secondary N) is 1. The number of hydrogen-bond acceptors (Lipinski definition) is 3. The third-order valence-electron chi connectivity index (χ3n) is 3.41. The first-order valence-electron chi connectivity index (χ1n) is 6.40. The molecule has 0 fully saturated rings. The molecule has 1 N–H and O–H groups in total. The van der Waals surface area contributed by atoms with Gasteiger partial charge in [0.15, 0.2) is 0 Å². The second-order valence-corrected chi connectivity index (χ2v) is 5.50. The summed E-state index contributed by atoms with van der Waals surface area (Å²) in [5.74, 6) is 0. The van der Waals surface area contributed by atoms with Crippen LogP contribution in [0.5, 0.6) is 0 Å². The Labute approximate surface area is 113 Å². The molecule has 18 heavy (non-hydrogen) atoms. The van der Waals surface area contributed by atoms with Gasteiger partial charge in [-0.15, -0.1) is 11.3 Å². The van der Waals surface area contributed by atoms with Gasteiger partial charge in [0.25, 0.3) is 0 Å². The summed E-state index contributed by atoms with van der Waals surface area (Å²) in [7, 11) is 0. The molecule has 1 unspecified atom stereocenters. The summed E-state index contributed by atoms with van der Waals surface area (Å²) < 4.78 is 0. The maximum atomic E-state index is 4.40. The zero-order valence-electron chi connectivity index (χ0n) is 11.2. The molecule has 2 rings (SSSR count). The number of rotatable bonds is 5. The first-order valence-corrected chi connectivity index (χ1v) is 7.28. The highest BCUT2D eigenvalue weighted by atomic mass is 32.1. The van der Waals surface area contributed by atoms with Crippen molar-refractivity contribution in [2.75, 3.05) is 0 Å². The molecule has 1 atom stereocenters. The van der Waals surface area contributed by atoms with Gasteiger partial charge in [0, 0.05) is 18.1 Å². The highest BCUT2D eigenvalue weighted by molar-refractivity contribution is 7.09. The first-order chi connectivity index (χ1) is 8.72. The molecule has 0 aliphatic carbocycles. The van der Waals surface area contributed by atoms with E-state index < -0.39 is 0 Å². The van der Waals surface area contributed by atoms with Crippen molar-refractivity contribution in [1.82, 2.24) is 10.3 Å². The zero-order chi connectivity index (χ0) is 13.0. The van der Waals surface area contributed by atoms with Crippen LogP contribution in [0.1, 0.15) is 41.1 Å². The van der Waals surface area contributed by atoms with Gasteiger partial charge in [-0.3, -0.25) is 0 Å². The Balaban J connectivity index is 2.04. The van der Waals surface area contributed by atoms with E-state index in [9.17, 15) is 0 Å². The highest BCUT2D eigenvalue weighted by Crippen LogP contribution is 2.20. The van der Waals surface area contributed by atoms with Crippen LogP contribution in [0.4, 0.5) is 0 Å². The minimum absolute atomic E-state index is 0.366. The molecule has 0 aliphatic heterocycles. The van der Waals surface area contributed by atoms with Crippen LogP contribution < -0.4 is 5.32 Å². The van der Waals surface area contributed by atoms with Gasteiger partial charge in [-0.2, -0.15) is 0 Å². The Hall–Kier alpha value is -1.19. The number of aromatic nitrogens is 1. The van der Waals surface area contributed by atoms with Gasteiger partial charge in [-0.1, -0.05) is 25.1 Å². The van der Waals surface area contributed by atoms with Gasteiger partial charge in [0.05, 0.1) is 6.04 Å². The van der Waals surface area contributed by atoms with E-state index >= 15 is 0 Å². The van der Waals surface area contributed by atoms with E-state index in [1.807, 2.05) is 11.6 Å². The molecule has 1 heterocycles. The molecule has 0 bridgehead atoms. The first kappa shape index (κ1) is 13.2. The normalized spacial score (nSPS) is 12.6. The van der Waals surface area contributed by atoms with Crippen molar-refractivity contribution in [3.63, 3.8) is 0 Å². The van der Waals surface area contributed by atoms with E-state index in [1.165, 1.54) is 21.7 Å². The fourth-order valence-corrected chi connectivity index (χ4v) is 2.85. The van der Waals surface area contributed by atoms with Gasteiger partial charge in [-0.05, 0) is 37.0 Å². The summed E-state index contributed by atoms with van der Waals surface area (Å²) in [6.45, 7) is 7.46. The lowest BCUT2D eigenvalue weighted by atomic mass is 10.0. The topological polar surface area (TPSA) is 24.9 Å². The monoisotopic (exact) mass is 260 g/mol. The van der Waals surface area contributed by atoms with E-state index in [1.54, 1.807) is 11.3 Å². The van der Waals surface area contributed by atoms with Crippen molar-refractivity contribution in [3.05, 3.63) is 51.5 Å². The van der Waals surface area contributed by atoms with Crippen LogP contribution in [0, 0.1) is 13.8 Å². The van der Waals surface area contributed by atoms with Gasteiger partial charge in [-0.25, -0.2) is 4.98 Å². The smallest absolute Gasteiger partial charge is 0.109 e. The summed E-state index contributed by atoms with van der Waals surface area (Å²) in [5, 5.41) is 6.83. The van der Waals surface area contributed by atoms with Crippen LogP contribution >= 0.6 is 11.3 Å². The fraction of sp³-hybridized carbons (Fsp3) is 0.400. The number of benzene rings is 1. The van der Waals surface area contributed by atoms with E-state index in [0.29, 0.717) is 6.04 Å². The van der Waals surface area contributed by atoms with E-state index in [4.69, 9.17) is 0 Å². The standard InChI is InChI=1S/C15H20N2S/c1-4-14(15-16-8-9-18-15)17-10-13-7-5-6-11(2)12(13)3/h5-9,14,17H,4,10H2,1-3H3. The van der Waals surface area contributed by atoms with Crippen molar-refractivity contribution in [2.45, 2.75) is 39.8 Å². The minimum Gasteiger partial charge on any atom is -0.304 e. The molecule has 0 aliphatic rings. The van der Waals surface area contributed by atoms with Crippen LogP contribution in [-0.2, 0) is 6.54 Å². The molecule has 2 aromatic rings. The predicted octanol–water partition coefficient (Wildman–Crippen LogP) is 4.00. The van der Waals surface area contributed by atoms with Crippen molar-refractivity contribution >= 4 is 11.3 Å². The zero-order valence-corrected chi connectivity index (χ0v) is 12.1. The molecule has 0 saturated carbocycles. The van der Waals surface area contributed by atoms with Crippen LogP contribution in [0.25, 0.3) is 0 Å². The lowest BCUT2D eigenvalue weighted by Gasteiger charge is -2.16. The second-order valence-electron chi connectivity index (χ2n) is 4.57. The molecule has 3 heteroatoms. The second kappa shape index (κ2) is 6.12. The Morgan fingerprint density at radius 3 is 2.83 bits per heavy atom. The Morgan fingerprint density at radius 1 is 1.33 bits per heavy atom. The molecule has 0 amide bonds. The van der Waals surface area contributed by atoms with Crippen LogP contribution in [0.3, 0.4) is 0 Å². The van der Waals surface area contributed by atoms with Crippen molar-refractivity contribution in [1.29, 1.82) is 0 Å². The van der Waals surface area contributed by atoms with Crippen molar-refractivity contribution < 1.29 is 0 Å². The molecule has 0 saturated heterocycles. The Bertz CT molecular complexity index is 491. The lowest BCUT2D eigenvalue weighted by molar-refractivity contribution is 0.515. The van der Waals surface area contributed by atoms with Crippen LogP contribution in [-0.4, -0.2) is 4.98 Å². The molecular formula is C15H20N2S. The molecule has 0 radical (unpaired) electrons. The summed E-state index contributed by atoms with van der Waals surface area (Å²) in [4.78, 5) is 4.40. The van der Waals surface area contributed by atoms with E-state index in [0.717, 1.165) is 13.0 Å². The summed E-state index contributed by atoms with van der Waals surface area (Å²) >= 11 is 1.72. The van der Waals surface area contributed by atoms with E-state index in [2.05, 4.69) is 49.3 Å². The Morgan fingerprint density at radius 2 is 2.17 bits per heavy atom. The molecule has 2 nitrogen and oxygen atoms in total. The van der Waals surface area contributed by atoms with Gasteiger partial charge in [0.1, 0.15) is 5.01 Å². The third-order valence-corrected chi connectivity index (χ3v) is 4.30. The summed E-state index contributed by atoms with van der Waals surface area (Å²) in [6, 6.07) is 6.86. The predicted molar refractivity (Wildman–Crippen MR) is 77.9 cm³/mol. The quantitative estimate of drug-likeness (QED) is 0.879.